The molecule has 0 spiro atoms. The number of hydrogen-bond acceptors (Lipinski definition) is 6. The lowest BCUT2D eigenvalue weighted by molar-refractivity contribution is 0.0979. The number of aromatic nitrogens is 2. The Morgan fingerprint density at radius 3 is 2.76 bits per heavy atom. The number of carbonyl (C=O) groups is 1. The molecule has 136 valence electrons. The molecule has 6 nitrogen and oxygen atoms in total. The van der Waals surface area contributed by atoms with Gasteiger partial charge in [-0.15, -0.1) is 12.4 Å². The second-order valence-corrected chi connectivity index (χ2v) is 6.15. The van der Waals surface area contributed by atoms with Gasteiger partial charge < -0.3 is 15.0 Å². The fourth-order valence-electron chi connectivity index (χ4n) is 2.99. The van der Waals surface area contributed by atoms with Gasteiger partial charge in [-0.2, -0.15) is 4.98 Å². The molecule has 8 heteroatoms. The van der Waals surface area contributed by atoms with E-state index in [0.29, 0.717) is 23.7 Å². The van der Waals surface area contributed by atoms with Crippen LogP contribution in [0, 0.1) is 5.82 Å². The molecule has 0 atom stereocenters. The van der Waals surface area contributed by atoms with E-state index < -0.39 is 11.4 Å². The molecule has 1 heterocycles. The average Bonchev–Trinajstić information content (AvgIpc) is 3.22. The maximum atomic E-state index is 13.7. The van der Waals surface area contributed by atoms with Crippen LogP contribution in [0.1, 0.15) is 54.2 Å². The Balaban J connectivity index is 0.00000225. The number of benzene rings is 1. The number of nitrogens with zero attached hydrogens (tertiary/aromatic N) is 2. The molecule has 1 aliphatic carbocycles. The molecule has 1 saturated carbocycles. The van der Waals surface area contributed by atoms with E-state index in [0.717, 1.165) is 25.7 Å². The summed E-state index contributed by atoms with van der Waals surface area (Å²) in [5.74, 6) is 0.245. The maximum absolute atomic E-state index is 13.7. The Labute approximate surface area is 151 Å². The third-order valence-electron chi connectivity index (χ3n) is 4.45. The van der Waals surface area contributed by atoms with Crippen molar-refractivity contribution in [3.05, 3.63) is 41.3 Å². The van der Waals surface area contributed by atoms with Crippen LogP contribution < -0.4 is 10.5 Å². The first-order valence-electron chi connectivity index (χ1n) is 8.00. The number of ether oxygens (including phenoxy) is 1. The van der Waals surface area contributed by atoms with Gasteiger partial charge in [-0.05, 0) is 31.0 Å². The number of halogens is 2. The number of nitrogens with two attached hydrogens (primary N) is 1. The molecule has 0 saturated heterocycles. The first-order valence-corrected chi connectivity index (χ1v) is 8.00. The lowest BCUT2D eigenvalue weighted by Gasteiger charge is -2.17. The number of rotatable bonds is 6. The molecule has 0 aliphatic heterocycles. The van der Waals surface area contributed by atoms with Crippen molar-refractivity contribution in [1.29, 1.82) is 0 Å². The molecule has 3 rings (SSSR count). The molecule has 2 N–H and O–H groups in total. The summed E-state index contributed by atoms with van der Waals surface area (Å²) >= 11 is 0. The fourth-order valence-corrected chi connectivity index (χ4v) is 2.99. The van der Waals surface area contributed by atoms with E-state index in [1.165, 1.54) is 25.3 Å². The number of methoxy groups -OCH3 is 1. The van der Waals surface area contributed by atoms with Crippen molar-refractivity contribution in [2.24, 2.45) is 5.73 Å². The molecule has 0 bridgehead atoms. The molecule has 1 aliphatic rings. The molecule has 2 aromatic rings. The molecule has 25 heavy (non-hydrogen) atoms. The summed E-state index contributed by atoms with van der Waals surface area (Å²) in [6.07, 6.45) is 4.26. The van der Waals surface area contributed by atoms with Crippen LogP contribution in [0.2, 0.25) is 0 Å². The monoisotopic (exact) mass is 369 g/mol. The standard InChI is InChI=1S/C17H20FN3O3.ClH/c1-23-14-6-4-11(10-12(14)18)13(22)5-7-15-20-16(21-24-15)17(19)8-2-3-9-17;/h4,6,10H,2-3,5,7-9,19H2,1H3;1H. The third kappa shape index (κ3) is 4.16. The van der Waals surface area contributed by atoms with Gasteiger partial charge in [0.2, 0.25) is 5.89 Å². The Hall–Kier alpha value is -1.99. The number of hydrogen-bond donors (Lipinski definition) is 1. The average molecular weight is 370 g/mol. The first-order chi connectivity index (χ1) is 11.5. The Bertz CT molecular complexity index is 744. The van der Waals surface area contributed by atoms with Gasteiger partial charge >= 0.3 is 0 Å². The molecule has 1 aromatic heterocycles. The summed E-state index contributed by atoms with van der Waals surface area (Å²) in [5.41, 5.74) is 6.06. The van der Waals surface area contributed by atoms with Gasteiger partial charge in [0.25, 0.3) is 0 Å². The summed E-state index contributed by atoms with van der Waals surface area (Å²) in [5, 5.41) is 3.96. The number of ketones is 1. The minimum Gasteiger partial charge on any atom is -0.494 e. The minimum absolute atomic E-state index is 0. The van der Waals surface area contributed by atoms with Crippen molar-refractivity contribution in [2.45, 2.75) is 44.1 Å². The van der Waals surface area contributed by atoms with Crippen LogP contribution >= 0.6 is 12.4 Å². The second-order valence-electron chi connectivity index (χ2n) is 6.15. The van der Waals surface area contributed by atoms with E-state index in [2.05, 4.69) is 10.1 Å². The fraction of sp³-hybridized carbons (Fsp3) is 0.471. The van der Waals surface area contributed by atoms with Crippen LogP contribution in [0.3, 0.4) is 0 Å². The topological polar surface area (TPSA) is 91.2 Å². The quantitative estimate of drug-likeness (QED) is 0.786. The highest BCUT2D eigenvalue weighted by Crippen LogP contribution is 2.34. The molecule has 1 fully saturated rings. The molecular formula is C17H21ClFN3O3. The van der Waals surface area contributed by atoms with Gasteiger partial charge in [-0.1, -0.05) is 18.0 Å². The Kier molecular flexibility index (Phi) is 6.13. The van der Waals surface area contributed by atoms with Crippen LogP contribution in [-0.2, 0) is 12.0 Å². The normalized spacial score (nSPS) is 15.6. The largest absolute Gasteiger partial charge is 0.494 e. The molecule has 0 unspecified atom stereocenters. The predicted molar refractivity (Wildman–Crippen MR) is 91.5 cm³/mol. The third-order valence-corrected chi connectivity index (χ3v) is 4.45. The lowest BCUT2D eigenvalue weighted by Crippen LogP contribution is -2.34. The highest BCUT2D eigenvalue weighted by atomic mass is 35.5. The van der Waals surface area contributed by atoms with Gasteiger partial charge in [-0.25, -0.2) is 4.39 Å². The molecule has 1 aromatic carbocycles. The van der Waals surface area contributed by atoms with E-state index in [9.17, 15) is 9.18 Å². The smallest absolute Gasteiger partial charge is 0.227 e. The zero-order valence-corrected chi connectivity index (χ0v) is 14.8. The van der Waals surface area contributed by atoms with Crippen LogP contribution in [-0.4, -0.2) is 23.0 Å². The van der Waals surface area contributed by atoms with Crippen LogP contribution in [0.4, 0.5) is 4.39 Å². The van der Waals surface area contributed by atoms with Crippen LogP contribution in [0.25, 0.3) is 0 Å². The number of aryl methyl sites for hydroxylation is 1. The van der Waals surface area contributed by atoms with Gasteiger partial charge in [0.05, 0.1) is 12.6 Å². The minimum atomic E-state index is -0.560. The van der Waals surface area contributed by atoms with Gasteiger partial charge in [0.15, 0.2) is 23.2 Å². The summed E-state index contributed by atoms with van der Waals surface area (Å²) in [6, 6.07) is 4.15. The lowest BCUT2D eigenvalue weighted by atomic mass is 9.99. The van der Waals surface area contributed by atoms with Gasteiger partial charge in [0.1, 0.15) is 0 Å². The van der Waals surface area contributed by atoms with E-state index in [-0.39, 0.29) is 30.4 Å². The van der Waals surface area contributed by atoms with Gasteiger partial charge in [-0.3, -0.25) is 4.79 Å². The first kappa shape index (κ1) is 19.3. The summed E-state index contributed by atoms with van der Waals surface area (Å²) in [6.45, 7) is 0. The van der Waals surface area contributed by atoms with E-state index >= 15 is 0 Å². The maximum Gasteiger partial charge on any atom is 0.227 e. The zero-order valence-electron chi connectivity index (χ0n) is 14.0. The van der Waals surface area contributed by atoms with Crippen molar-refractivity contribution >= 4 is 18.2 Å². The van der Waals surface area contributed by atoms with Crippen molar-refractivity contribution in [2.75, 3.05) is 7.11 Å². The van der Waals surface area contributed by atoms with Crippen molar-refractivity contribution in [3.8, 4) is 5.75 Å². The van der Waals surface area contributed by atoms with E-state index in [1.807, 2.05) is 0 Å². The van der Waals surface area contributed by atoms with Crippen molar-refractivity contribution < 1.29 is 18.4 Å². The Morgan fingerprint density at radius 2 is 2.12 bits per heavy atom. The predicted octanol–water partition coefficient (Wildman–Crippen LogP) is 3.18. The summed E-state index contributed by atoms with van der Waals surface area (Å²) in [7, 11) is 1.38. The number of Topliss-reactive ketones (excluding diaryl/α,β-unsaturated/α-hetero) is 1. The zero-order chi connectivity index (χ0) is 17.2. The molecule has 0 amide bonds. The summed E-state index contributed by atoms with van der Waals surface area (Å²) < 4.78 is 23.7. The van der Waals surface area contributed by atoms with Crippen molar-refractivity contribution in [3.63, 3.8) is 0 Å². The van der Waals surface area contributed by atoms with Crippen LogP contribution in [0.15, 0.2) is 22.7 Å². The highest BCUT2D eigenvalue weighted by Gasteiger charge is 2.35. The van der Waals surface area contributed by atoms with Crippen LogP contribution in [0.5, 0.6) is 5.75 Å². The van der Waals surface area contributed by atoms with Crippen molar-refractivity contribution in [1.82, 2.24) is 10.1 Å². The Morgan fingerprint density at radius 1 is 1.40 bits per heavy atom. The molecular weight excluding hydrogens is 349 g/mol. The second kappa shape index (κ2) is 7.93. The van der Waals surface area contributed by atoms with Gasteiger partial charge in [0, 0.05) is 18.4 Å². The number of carbonyl (C=O) groups excluding carboxylic acids is 1. The summed E-state index contributed by atoms with van der Waals surface area (Å²) in [4.78, 5) is 16.5. The SMILES string of the molecule is COc1ccc(C(=O)CCc2nc(C3(N)CCCC3)no2)cc1F.Cl. The van der Waals surface area contributed by atoms with E-state index in [1.54, 1.807) is 0 Å². The van der Waals surface area contributed by atoms with E-state index in [4.69, 9.17) is 15.0 Å². The molecule has 0 radical (unpaired) electrons. The highest BCUT2D eigenvalue weighted by molar-refractivity contribution is 5.96.